The van der Waals surface area contributed by atoms with Crippen molar-refractivity contribution >= 4 is 32.2 Å². The van der Waals surface area contributed by atoms with Crippen molar-refractivity contribution in [1.82, 2.24) is 4.98 Å². The molecule has 1 amide bonds. The molecule has 25 heavy (non-hydrogen) atoms. The topological polar surface area (TPSA) is 76.1 Å². The third-order valence-corrected chi connectivity index (χ3v) is 5.26. The lowest BCUT2D eigenvalue weighted by molar-refractivity contribution is 0.102. The number of amides is 1. The van der Waals surface area contributed by atoms with E-state index in [0.29, 0.717) is 10.8 Å². The molecule has 0 spiro atoms. The van der Waals surface area contributed by atoms with Gasteiger partial charge in [0, 0.05) is 22.8 Å². The first-order valence-electron chi connectivity index (χ1n) is 7.16. The summed E-state index contributed by atoms with van der Waals surface area (Å²) < 4.78 is 36.1. The van der Waals surface area contributed by atoms with E-state index in [-0.39, 0.29) is 16.3 Å². The highest BCUT2D eigenvalue weighted by Crippen LogP contribution is 2.25. The number of aromatic nitrogens is 1. The molecule has 3 rings (SSSR count). The Balaban J connectivity index is 1.79. The van der Waals surface area contributed by atoms with Gasteiger partial charge in [-0.15, -0.1) is 11.3 Å². The van der Waals surface area contributed by atoms with Gasteiger partial charge in [0.25, 0.3) is 5.91 Å². The summed E-state index contributed by atoms with van der Waals surface area (Å²) in [7, 11) is -3.39. The minimum atomic E-state index is -3.39. The standard InChI is InChI=1S/C17H13FN2O3S2/c1-25(22,23)14-4-2-3-12(9-14)16(21)20-17-19-15(10-24-17)11-5-7-13(18)8-6-11/h2-10H,1H3,(H,19,20,21). The molecule has 128 valence electrons. The monoisotopic (exact) mass is 376 g/mol. The predicted molar refractivity (Wildman–Crippen MR) is 95.0 cm³/mol. The number of carbonyl (C=O) groups excluding carboxylic acids is 1. The van der Waals surface area contributed by atoms with E-state index in [1.165, 1.54) is 47.7 Å². The van der Waals surface area contributed by atoms with Crippen LogP contribution in [0.1, 0.15) is 10.4 Å². The van der Waals surface area contributed by atoms with Gasteiger partial charge in [0.15, 0.2) is 15.0 Å². The average molecular weight is 376 g/mol. The second-order valence-corrected chi connectivity index (χ2v) is 8.17. The fraction of sp³-hybridized carbons (Fsp3) is 0.0588. The first-order chi connectivity index (χ1) is 11.8. The number of rotatable bonds is 4. The second-order valence-electron chi connectivity index (χ2n) is 5.30. The molecule has 0 atom stereocenters. The minimum Gasteiger partial charge on any atom is -0.298 e. The maximum Gasteiger partial charge on any atom is 0.257 e. The summed E-state index contributed by atoms with van der Waals surface area (Å²) in [5.74, 6) is -0.788. The molecule has 0 unspecified atom stereocenters. The molecule has 3 aromatic rings. The van der Waals surface area contributed by atoms with Gasteiger partial charge in [-0.3, -0.25) is 10.1 Å². The highest BCUT2D eigenvalue weighted by Gasteiger charge is 2.13. The molecule has 1 heterocycles. The average Bonchev–Trinajstić information content (AvgIpc) is 3.03. The largest absolute Gasteiger partial charge is 0.298 e. The van der Waals surface area contributed by atoms with Crippen LogP contribution in [0.4, 0.5) is 9.52 Å². The summed E-state index contributed by atoms with van der Waals surface area (Å²) in [6.07, 6.45) is 1.08. The summed E-state index contributed by atoms with van der Waals surface area (Å²) in [4.78, 5) is 16.7. The van der Waals surface area contributed by atoms with Crippen molar-refractivity contribution < 1.29 is 17.6 Å². The third-order valence-electron chi connectivity index (χ3n) is 3.39. The molecule has 0 aliphatic carbocycles. The molecule has 0 aliphatic heterocycles. The Labute approximate surface area is 148 Å². The van der Waals surface area contributed by atoms with Crippen LogP contribution in [-0.4, -0.2) is 25.6 Å². The number of benzene rings is 2. The van der Waals surface area contributed by atoms with Gasteiger partial charge in [0.05, 0.1) is 10.6 Å². The van der Waals surface area contributed by atoms with Crippen LogP contribution < -0.4 is 5.32 Å². The number of thiazole rings is 1. The van der Waals surface area contributed by atoms with Crippen LogP contribution in [-0.2, 0) is 9.84 Å². The zero-order valence-electron chi connectivity index (χ0n) is 13.1. The van der Waals surface area contributed by atoms with Crippen molar-refractivity contribution in [2.24, 2.45) is 0 Å². The number of anilines is 1. The molecule has 0 aliphatic rings. The molecule has 5 nitrogen and oxygen atoms in total. The number of sulfone groups is 1. The fourth-order valence-corrected chi connectivity index (χ4v) is 3.50. The molecular formula is C17H13FN2O3S2. The van der Waals surface area contributed by atoms with Gasteiger partial charge in [-0.1, -0.05) is 6.07 Å². The summed E-state index contributed by atoms with van der Waals surface area (Å²) in [6.45, 7) is 0. The molecule has 2 aromatic carbocycles. The highest BCUT2D eigenvalue weighted by atomic mass is 32.2. The van der Waals surface area contributed by atoms with Gasteiger partial charge < -0.3 is 0 Å². The maximum absolute atomic E-state index is 13.0. The van der Waals surface area contributed by atoms with E-state index >= 15 is 0 Å². The van der Waals surface area contributed by atoms with Crippen LogP contribution in [0.5, 0.6) is 0 Å². The Kier molecular flexibility index (Phi) is 4.65. The molecule has 1 aromatic heterocycles. The van der Waals surface area contributed by atoms with E-state index in [1.807, 2.05) is 0 Å². The molecule has 0 saturated carbocycles. The number of hydrogen-bond acceptors (Lipinski definition) is 5. The fourth-order valence-electron chi connectivity index (χ4n) is 2.12. The molecule has 8 heteroatoms. The third kappa shape index (κ3) is 4.09. The lowest BCUT2D eigenvalue weighted by atomic mass is 10.2. The quantitative estimate of drug-likeness (QED) is 0.755. The van der Waals surface area contributed by atoms with E-state index in [1.54, 1.807) is 17.5 Å². The van der Waals surface area contributed by atoms with Crippen molar-refractivity contribution in [2.45, 2.75) is 4.90 Å². The van der Waals surface area contributed by atoms with Crippen LogP contribution in [0.3, 0.4) is 0 Å². The molecule has 0 fully saturated rings. The van der Waals surface area contributed by atoms with Crippen molar-refractivity contribution in [3.63, 3.8) is 0 Å². The second kappa shape index (κ2) is 6.73. The molecule has 0 radical (unpaired) electrons. The van der Waals surface area contributed by atoms with Gasteiger partial charge in [0.2, 0.25) is 0 Å². The minimum absolute atomic E-state index is 0.0753. The molecule has 1 N–H and O–H groups in total. The van der Waals surface area contributed by atoms with Crippen LogP contribution in [0.2, 0.25) is 0 Å². The number of nitrogens with zero attached hydrogens (tertiary/aromatic N) is 1. The number of hydrogen-bond donors (Lipinski definition) is 1. The summed E-state index contributed by atoms with van der Waals surface area (Å²) in [5.41, 5.74) is 1.57. The van der Waals surface area contributed by atoms with Crippen LogP contribution >= 0.6 is 11.3 Å². The van der Waals surface area contributed by atoms with Crippen molar-refractivity contribution in [1.29, 1.82) is 0 Å². The Morgan fingerprint density at radius 3 is 2.56 bits per heavy atom. The van der Waals surface area contributed by atoms with Gasteiger partial charge >= 0.3 is 0 Å². The Morgan fingerprint density at radius 2 is 1.88 bits per heavy atom. The van der Waals surface area contributed by atoms with Crippen molar-refractivity contribution in [2.75, 3.05) is 11.6 Å². The summed E-state index contributed by atoms with van der Waals surface area (Å²) in [5, 5.41) is 4.75. The highest BCUT2D eigenvalue weighted by molar-refractivity contribution is 7.90. The summed E-state index contributed by atoms with van der Waals surface area (Å²) >= 11 is 1.23. The maximum atomic E-state index is 13.0. The van der Waals surface area contributed by atoms with Crippen molar-refractivity contribution in [3.8, 4) is 11.3 Å². The van der Waals surface area contributed by atoms with Crippen LogP contribution in [0.15, 0.2) is 58.8 Å². The van der Waals surface area contributed by atoms with Gasteiger partial charge in [-0.25, -0.2) is 17.8 Å². The lowest BCUT2D eigenvalue weighted by Gasteiger charge is -2.04. The SMILES string of the molecule is CS(=O)(=O)c1cccc(C(=O)Nc2nc(-c3ccc(F)cc3)cs2)c1. The van der Waals surface area contributed by atoms with Crippen LogP contribution in [0, 0.1) is 5.82 Å². The smallest absolute Gasteiger partial charge is 0.257 e. The predicted octanol–water partition coefficient (Wildman–Crippen LogP) is 3.61. The molecule has 0 bridgehead atoms. The van der Waals surface area contributed by atoms with E-state index in [4.69, 9.17) is 0 Å². The van der Waals surface area contributed by atoms with Crippen molar-refractivity contribution in [3.05, 3.63) is 65.3 Å². The van der Waals surface area contributed by atoms with E-state index in [0.717, 1.165) is 11.8 Å². The van der Waals surface area contributed by atoms with E-state index in [9.17, 15) is 17.6 Å². The number of halogens is 1. The molecular weight excluding hydrogens is 363 g/mol. The summed E-state index contributed by atoms with van der Waals surface area (Å²) in [6, 6.07) is 11.7. The first-order valence-corrected chi connectivity index (χ1v) is 9.93. The Morgan fingerprint density at radius 1 is 1.16 bits per heavy atom. The number of nitrogens with one attached hydrogen (secondary N) is 1. The number of carbonyl (C=O) groups is 1. The van der Waals surface area contributed by atoms with Crippen LogP contribution in [0.25, 0.3) is 11.3 Å². The van der Waals surface area contributed by atoms with E-state index < -0.39 is 15.7 Å². The first kappa shape index (κ1) is 17.2. The zero-order valence-corrected chi connectivity index (χ0v) is 14.7. The van der Waals surface area contributed by atoms with Gasteiger partial charge in [-0.2, -0.15) is 0 Å². The zero-order chi connectivity index (χ0) is 18.0. The normalized spacial score (nSPS) is 11.3. The Hall–Kier alpha value is -2.58. The molecule has 0 saturated heterocycles. The lowest BCUT2D eigenvalue weighted by Crippen LogP contribution is -2.12. The Bertz CT molecular complexity index is 1030. The van der Waals surface area contributed by atoms with Gasteiger partial charge in [0.1, 0.15) is 5.82 Å². The van der Waals surface area contributed by atoms with Gasteiger partial charge in [-0.05, 0) is 42.5 Å². The van der Waals surface area contributed by atoms with E-state index in [2.05, 4.69) is 10.3 Å².